The first-order valence-electron chi connectivity index (χ1n) is 3.86. The summed E-state index contributed by atoms with van der Waals surface area (Å²) >= 11 is 0. The number of hydroxylamine groups is 1. The Kier molecular flexibility index (Phi) is 5.82. The van der Waals surface area contributed by atoms with Crippen molar-refractivity contribution < 1.29 is 14.4 Å². The van der Waals surface area contributed by atoms with Crippen molar-refractivity contribution in [2.45, 2.75) is 6.42 Å². The molecule has 3 N–H and O–H groups in total. The summed E-state index contributed by atoms with van der Waals surface area (Å²) in [6.07, 6.45) is 0.325. The monoisotopic (exact) mass is 189 g/mol. The highest BCUT2D eigenvalue weighted by atomic mass is 16.7. The van der Waals surface area contributed by atoms with Gasteiger partial charge in [-0.1, -0.05) is 0 Å². The molecule has 6 heteroatoms. The second kappa shape index (κ2) is 6.38. The molecule has 0 aliphatic rings. The van der Waals surface area contributed by atoms with E-state index in [-0.39, 0.29) is 12.5 Å². The van der Waals surface area contributed by atoms with Crippen molar-refractivity contribution in [1.82, 2.24) is 10.4 Å². The van der Waals surface area contributed by atoms with Crippen molar-refractivity contribution >= 4 is 11.8 Å². The van der Waals surface area contributed by atoms with E-state index in [0.717, 1.165) is 0 Å². The lowest BCUT2D eigenvalue weighted by Crippen LogP contribution is -2.31. The van der Waals surface area contributed by atoms with Crippen LogP contribution in [0.3, 0.4) is 0 Å². The minimum Gasteiger partial charge on any atom is -0.368 e. The molecule has 0 aromatic heterocycles. The van der Waals surface area contributed by atoms with Crippen molar-refractivity contribution in [3.05, 3.63) is 0 Å². The molecule has 0 aliphatic carbocycles. The SMILES string of the molecule is CN(C)CCC(=O)NOCC(N)=O. The Labute approximate surface area is 77.0 Å². The molecule has 0 radical (unpaired) electrons. The maximum Gasteiger partial charge on any atom is 0.246 e. The molecule has 0 unspecified atom stereocenters. The first kappa shape index (κ1) is 11.9. The third-order valence-corrected chi connectivity index (χ3v) is 1.19. The van der Waals surface area contributed by atoms with Crippen LogP contribution in [0.15, 0.2) is 0 Å². The van der Waals surface area contributed by atoms with Gasteiger partial charge < -0.3 is 10.6 Å². The second-order valence-corrected chi connectivity index (χ2v) is 2.83. The Morgan fingerprint density at radius 3 is 2.54 bits per heavy atom. The van der Waals surface area contributed by atoms with E-state index in [2.05, 4.69) is 10.3 Å². The fourth-order valence-electron chi connectivity index (χ4n) is 0.564. The fraction of sp³-hybridized carbons (Fsp3) is 0.714. The van der Waals surface area contributed by atoms with Gasteiger partial charge in [0.05, 0.1) is 0 Å². The average Bonchev–Trinajstić information content (AvgIpc) is 2.00. The van der Waals surface area contributed by atoms with E-state index in [1.807, 2.05) is 19.0 Å². The van der Waals surface area contributed by atoms with Crippen LogP contribution in [0.2, 0.25) is 0 Å². The summed E-state index contributed by atoms with van der Waals surface area (Å²) in [4.78, 5) is 27.5. The molecule has 13 heavy (non-hydrogen) atoms. The Balaban J connectivity index is 3.35. The molecule has 76 valence electrons. The Morgan fingerprint density at radius 2 is 2.08 bits per heavy atom. The van der Waals surface area contributed by atoms with Crippen molar-refractivity contribution in [2.75, 3.05) is 27.2 Å². The smallest absolute Gasteiger partial charge is 0.246 e. The lowest BCUT2D eigenvalue weighted by atomic mass is 10.4. The molecule has 2 amide bonds. The average molecular weight is 189 g/mol. The number of amides is 2. The van der Waals surface area contributed by atoms with E-state index in [1.165, 1.54) is 0 Å². The molecular weight excluding hydrogens is 174 g/mol. The number of hydrogen-bond donors (Lipinski definition) is 2. The Hall–Kier alpha value is -1.14. The molecule has 6 nitrogen and oxygen atoms in total. The van der Waals surface area contributed by atoms with Crippen molar-refractivity contribution in [3.8, 4) is 0 Å². The number of nitrogens with one attached hydrogen (secondary N) is 1. The van der Waals surface area contributed by atoms with E-state index in [0.29, 0.717) is 13.0 Å². The predicted molar refractivity (Wildman–Crippen MR) is 46.5 cm³/mol. The second-order valence-electron chi connectivity index (χ2n) is 2.83. The number of carbonyl (C=O) groups is 2. The third kappa shape index (κ3) is 8.77. The highest BCUT2D eigenvalue weighted by molar-refractivity contribution is 5.77. The van der Waals surface area contributed by atoms with E-state index in [4.69, 9.17) is 5.73 Å². The molecule has 0 aromatic rings. The quantitative estimate of drug-likeness (QED) is 0.496. The van der Waals surface area contributed by atoms with Gasteiger partial charge in [0.15, 0.2) is 6.61 Å². The minimum atomic E-state index is -0.618. The standard InChI is InChI=1S/C7H15N3O3/c1-10(2)4-3-7(12)9-13-5-6(8)11/h3-5H2,1-2H3,(H2,8,11)(H,9,12). The highest BCUT2D eigenvalue weighted by Gasteiger charge is 2.02. The summed E-state index contributed by atoms with van der Waals surface area (Å²) in [7, 11) is 3.72. The van der Waals surface area contributed by atoms with E-state index in [9.17, 15) is 9.59 Å². The highest BCUT2D eigenvalue weighted by Crippen LogP contribution is 1.83. The zero-order valence-electron chi connectivity index (χ0n) is 7.87. The van der Waals surface area contributed by atoms with Crippen molar-refractivity contribution in [2.24, 2.45) is 5.73 Å². The number of nitrogens with two attached hydrogens (primary N) is 1. The van der Waals surface area contributed by atoms with Crippen molar-refractivity contribution in [1.29, 1.82) is 0 Å². The molecule has 0 bridgehead atoms. The van der Waals surface area contributed by atoms with Gasteiger partial charge in [0, 0.05) is 13.0 Å². The van der Waals surface area contributed by atoms with Crippen LogP contribution in [-0.4, -0.2) is 44.0 Å². The van der Waals surface area contributed by atoms with Gasteiger partial charge in [0.25, 0.3) is 0 Å². The van der Waals surface area contributed by atoms with Crippen LogP contribution in [0.5, 0.6) is 0 Å². The predicted octanol–water partition coefficient (Wildman–Crippen LogP) is -1.53. The third-order valence-electron chi connectivity index (χ3n) is 1.19. The summed E-state index contributed by atoms with van der Waals surface area (Å²) in [5, 5.41) is 0. The molecule has 0 fully saturated rings. The summed E-state index contributed by atoms with van der Waals surface area (Å²) in [5.41, 5.74) is 6.88. The van der Waals surface area contributed by atoms with Crippen LogP contribution in [0.1, 0.15) is 6.42 Å². The molecule has 0 aromatic carbocycles. The van der Waals surface area contributed by atoms with Gasteiger partial charge in [0.1, 0.15) is 0 Å². The van der Waals surface area contributed by atoms with Gasteiger partial charge in [-0.25, -0.2) is 5.48 Å². The number of rotatable bonds is 6. The van der Waals surface area contributed by atoms with Crippen LogP contribution in [0, 0.1) is 0 Å². The number of primary amides is 1. The molecule has 0 saturated heterocycles. The van der Waals surface area contributed by atoms with Gasteiger partial charge in [-0.2, -0.15) is 0 Å². The summed E-state index contributed by atoms with van der Waals surface area (Å²) in [6.45, 7) is 0.333. The normalized spacial score (nSPS) is 10.1. The summed E-state index contributed by atoms with van der Waals surface area (Å²) in [6, 6.07) is 0. The minimum absolute atomic E-state index is 0.269. The molecule has 0 atom stereocenters. The maximum absolute atomic E-state index is 10.9. The fourth-order valence-corrected chi connectivity index (χ4v) is 0.564. The largest absolute Gasteiger partial charge is 0.368 e. The van der Waals surface area contributed by atoms with Crippen LogP contribution < -0.4 is 11.2 Å². The molecular formula is C7H15N3O3. The first-order valence-corrected chi connectivity index (χ1v) is 3.86. The molecule has 0 aliphatic heterocycles. The van der Waals surface area contributed by atoms with Gasteiger partial charge >= 0.3 is 0 Å². The topological polar surface area (TPSA) is 84.7 Å². The number of carbonyl (C=O) groups excluding carboxylic acids is 2. The van der Waals surface area contributed by atoms with Crippen molar-refractivity contribution in [3.63, 3.8) is 0 Å². The van der Waals surface area contributed by atoms with E-state index < -0.39 is 5.91 Å². The zero-order valence-corrected chi connectivity index (χ0v) is 7.87. The lowest BCUT2D eigenvalue weighted by Gasteiger charge is -2.08. The Bertz CT molecular complexity index is 182. The van der Waals surface area contributed by atoms with Crippen LogP contribution in [-0.2, 0) is 14.4 Å². The lowest BCUT2D eigenvalue weighted by molar-refractivity contribution is -0.138. The van der Waals surface area contributed by atoms with Crippen LogP contribution >= 0.6 is 0 Å². The summed E-state index contributed by atoms with van der Waals surface area (Å²) < 4.78 is 0. The molecule has 0 saturated carbocycles. The number of nitrogens with zero attached hydrogens (tertiary/aromatic N) is 1. The molecule has 0 heterocycles. The van der Waals surface area contributed by atoms with E-state index in [1.54, 1.807) is 0 Å². The molecule has 0 rings (SSSR count). The zero-order chi connectivity index (χ0) is 10.3. The van der Waals surface area contributed by atoms with E-state index >= 15 is 0 Å². The maximum atomic E-state index is 10.9. The van der Waals surface area contributed by atoms with Gasteiger partial charge in [-0.15, -0.1) is 0 Å². The van der Waals surface area contributed by atoms with Crippen LogP contribution in [0.25, 0.3) is 0 Å². The Morgan fingerprint density at radius 1 is 1.46 bits per heavy atom. The van der Waals surface area contributed by atoms with Crippen LogP contribution in [0.4, 0.5) is 0 Å². The van der Waals surface area contributed by atoms with Gasteiger partial charge in [-0.3, -0.25) is 14.4 Å². The summed E-state index contributed by atoms with van der Waals surface area (Å²) in [5.74, 6) is -0.886. The molecule has 0 spiro atoms. The van der Waals surface area contributed by atoms with Gasteiger partial charge in [-0.05, 0) is 14.1 Å². The number of hydrogen-bond acceptors (Lipinski definition) is 4. The van der Waals surface area contributed by atoms with Gasteiger partial charge in [0.2, 0.25) is 11.8 Å². The first-order chi connectivity index (χ1) is 6.02.